The maximum atomic E-state index is 14.4. The van der Waals surface area contributed by atoms with Gasteiger partial charge >= 0.3 is 11.9 Å². The lowest BCUT2D eigenvalue weighted by Gasteiger charge is -2.38. The fourth-order valence-electron chi connectivity index (χ4n) is 4.39. The van der Waals surface area contributed by atoms with Crippen molar-refractivity contribution in [3.8, 4) is 0 Å². The standard InChI is InChI=1S/C24H27ClFNO5S/c1-5-33-9-8-32-24(30)19-13(3)27-17-10-12(2)18(23(29)31-4)22(28)21(17)20(19)14-6-7-15(25)16(26)11-14/h6-7,11-12,18,20,27H,5,8-10H2,1-4H3/t12-,18-,20+/m1/s1. The van der Waals surface area contributed by atoms with Crippen molar-refractivity contribution < 1.29 is 28.2 Å². The van der Waals surface area contributed by atoms with Crippen molar-refractivity contribution in [2.24, 2.45) is 11.8 Å². The third-order valence-electron chi connectivity index (χ3n) is 5.90. The Morgan fingerprint density at radius 3 is 2.70 bits per heavy atom. The molecular weight excluding hydrogens is 469 g/mol. The van der Waals surface area contributed by atoms with Crippen molar-refractivity contribution in [1.29, 1.82) is 0 Å². The average Bonchev–Trinajstić information content (AvgIpc) is 2.77. The fraction of sp³-hybridized carbons (Fsp3) is 0.458. The second-order valence-corrected chi connectivity index (χ2v) is 9.84. The molecule has 1 N–H and O–H groups in total. The molecule has 0 radical (unpaired) electrons. The Balaban J connectivity index is 2.10. The predicted octanol–water partition coefficient (Wildman–Crippen LogP) is 4.39. The lowest BCUT2D eigenvalue weighted by Crippen LogP contribution is -2.43. The minimum atomic E-state index is -1.01. The quantitative estimate of drug-likeness (QED) is 0.341. The van der Waals surface area contributed by atoms with Gasteiger partial charge in [-0.2, -0.15) is 11.8 Å². The van der Waals surface area contributed by atoms with E-state index in [2.05, 4.69) is 5.32 Å². The van der Waals surface area contributed by atoms with E-state index in [0.717, 1.165) is 5.75 Å². The van der Waals surface area contributed by atoms with Crippen LogP contribution in [0.1, 0.15) is 38.7 Å². The molecule has 3 atom stereocenters. The number of hydrogen-bond donors (Lipinski definition) is 1. The number of methoxy groups -OCH3 is 1. The number of nitrogens with one attached hydrogen (secondary N) is 1. The van der Waals surface area contributed by atoms with Crippen LogP contribution in [0.5, 0.6) is 0 Å². The first kappa shape index (κ1) is 25.3. The summed E-state index contributed by atoms with van der Waals surface area (Å²) in [7, 11) is 1.23. The molecule has 33 heavy (non-hydrogen) atoms. The Bertz CT molecular complexity index is 1040. The van der Waals surface area contributed by atoms with Gasteiger partial charge in [-0.3, -0.25) is 9.59 Å². The zero-order valence-corrected chi connectivity index (χ0v) is 20.6. The molecule has 3 rings (SSSR count). The number of ether oxygens (including phenoxy) is 2. The Kier molecular flexibility index (Phi) is 8.23. The molecule has 0 spiro atoms. The summed E-state index contributed by atoms with van der Waals surface area (Å²) in [5, 5.41) is 3.11. The molecule has 6 nitrogen and oxygen atoms in total. The number of carbonyl (C=O) groups excluding carboxylic acids is 3. The molecule has 0 aromatic heterocycles. The van der Waals surface area contributed by atoms with Crippen LogP contribution in [0.4, 0.5) is 4.39 Å². The SMILES string of the molecule is CCSCCOC(=O)C1=C(C)NC2=C(C(=O)[C@H](C(=O)OC)[C@H](C)C2)[C@H]1c1ccc(Cl)c(F)c1. The molecule has 1 aromatic rings. The molecule has 1 aliphatic heterocycles. The van der Waals surface area contributed by atoms with Gasteiger partial charge in [0.15, 0.2) is 5.78 Å². The summed E-state index contributed by atoms with van der Waals surface area (Å²) in [6.07, 6.45) is 0.403. The van der Waals surface area contributed by atoms with Crippen LogP contribution in [0.3, 0.4) is 0 Å². The monoisotopic (exact) mass is 495 g/mol. The van der Waals surface area contributed by atoms with Crippen LogP contribution < -0.4 is 5.32 Å². The molecule has 0 unspecified atom stereocenters. The number of carbonyl (C=O) groups is 3. The first-order valence-electron chi connectivity index (χ1n) is 10.7. The summed E-state index contributed by atoms with van der Waals surface area (Å²) in [5.41, 5.74) is 1.99. The smallest absolute Gasteiger partial charge is 0.336 e. The zero-order valence-electron chi connectivity index (χ0n) is 19.0. The van der Waals surface area contributed by atoms with Gasteiger partial charge in [-0.25, -0.2) is 9.18 Å². The summed E-state index contributed by atoms with van der Waals surface area (Å²) in [5.74, 6) is -3.01. The van der Waals surface area contributed by atoms with Crippen LogP contribution in [0, 0.1) is 17.7 Å². The lowest BCUT2D eigenvalue weighted by molar-refractivity contribution is -0.151. The molecule has 2 aliphatic rings. The summed E-state index contributed by atoms with van der Waals surface area (Å²) >= 11 is 7.52. The summed E-state index contributed by atoms with van der Waals surface area (Å²) in [6.45, 7) is 5.74. The second kappa shape index (κ2) is 10.7. The Morgan fingerprint density at radius 2 is 2.06 bits per heavy atom. The van der Waals surface area contributed by atoms with Gasteiger partial charge in [0.05, 0.1) is 17.7 Å². The number of ketones is 1. The first-order chi connectivity index (χ1) is 15.7. The van der Waals surface area contributed by atoms with Crippen molar-refractivity contribution in [2.75, 3.05) is 25.2 Å². The van der Waals surface area contributed by atoms with Crippen molar-refractivity contribution >= 4 is 41.1 Å². The molecule has 0 bridgehead atoms. The Morgan fingerprint density at radius 1 is 1.33 bits per heavy atom. The number of halogens is 2. The van der Waals surface area contributed by atoms with E-state index in [1.54, 1.807) is 31.7 Å². The first-order valence-corrected chi connectivity index (χ1v) is 12.3. The number of esters is 2. The number of Topliss-reactive ketones (excluding diaryl/α,β-unsaturated/α-hetero) is 1. The molecule has 1 heterocycles. The zero-order chi connectivity index (χ0) is 24.3. The van der Waals surface area contributed by atoms with Crippen molar-refractivity contribution in [2.45, 2.75) is 33.1 Å². The topological polar surface area (TPSA) is 81.7 Å². The fourth-order valence-corrected chi connectivity index (χ4v) is 5.00. The molecule has 178 valence electrons. The third-order valence-corrected chi connectivity index (χ3v) is 7.08. The van der Waals surface area contributed by atoms with Crippen molar-refractivity contribution in [3.05, 3.63) is 57.1 Å². The highest BCUT2D eigenvalue weighted by atomic mass is 35.5. The minimum absolute atomic E-state index is 0.0701. The second-order valence-electron chi connectivity index (χ2n) is 8.04. The molecule has 0 fully saturated rings. The maximum Gasteiger partial charge on any atom is 0.336 e. The highest BCUT2D eigenvalue weighted by molar-refractivity contribution is 7.99. The number of allylic oxidation sites excluding steroid dienone is 3. The highest BCUT2D eigenvalue weighted by Gasteiger charge is 2.47. The van der Waals surface area contributed by atoms with Crippen molar-refractivity contribution in [3.63, 3.8) is 0 Å². The predicted molar refractivity (Wildman–Crippen MR) is 125 cm³/mol. The molecule has 0 amide bonds. The molecule has 9 heteroatoms. The van der Waals surface area contributed by atoms with Crippen LogP contribution in [0.2, 0.25) is 5.02 Å². The molecule has 0 saturated carbocycles. The van der Waals surface area contributed by atoms with Gasteiger partial charge in [-0.15, -0.1) is 0 Å². The van der Waals surface area contributed by atoms with Gasteiger partial charge in [0, 0.05) is 28.6 Å². The number of benzene rings is 1. The van der Waals surface area contributed by atoms with Gasteiger partial charge < -0.3 is 14.8 Å². The van der Waals surface area contributed by atoms with Gasteiger partial charge in [0.1, 0.15) is 18.3 Å². The van der Waals surface area contributed by atoms with E-state index in [9.17, 15) is 18.8 Å². The average molecular weight is 496 g/mol. The van der Waals surface area contributed by atoms with E-state index in [1.165, 1.54) is 19.2 Å². The van der Waals surface area contributed by atoms with Crippen LogP contribution >= 0.6 is 23.4 Å². The van der Waals surface area contributed by atoms with Gasteiger partial charge in [0.2, 0.25) is 0 Å². The van der Waals surface area contributed by atoms with E-state index in [0.29, 0.717) is 29.1 Å². The van der Waals surface area contributed by atoms with E-state index in [1.807, 2.05) is 6.92 Å². The number of rotatable bonds is 7. The van der Waals surface area contributed by atoms with E-state index < -0.39 is 35.4 Å². The van der Waals surface area contributed by atoms with Crippen LogP contribution in [0.25, 0.3) is 0 Å². The Hall–Kier alpha value is -2.32. The summed E-state index contributed by atoms with van der Waals surface area (Å²) in [6, 6.07) is 4.19. The van der Waals surface area contributed by atoms with Gasteiger partial charge in [-0.05, 0) is 42.7 Å². The lowest BCUT2D eigenvalue weighted by atomic mass is 9.69. The highest BCUT2D eigenvalue weighted by Crippen LogP contribution is 2.45. The van der Waals surface area contributed by atoms with Crippen molar-refractivity contribution in [1.82, 2.24) is 5.32 Å². The van der Waals surface area contributed by atoms with Gasteiger partial charge in [-0.1, -0.05) is 31.5 Å². The Labute approximate surface area is 201 Å². The molecule has 1 aromatic carbocycles. The number of dihydropyridines is 1. The van der Waals surface area contributed by atoms with Gasteiger partial charge in [0.25, 0.3) is 0 Å². The summed E-state index contributed by atoms with van der Waals surface area (Å²) < 4.78 is 24.8. The normalized spacial score (nSPS) is 22.6. The minimum Gasteiger partial charge on any atom is -0.468 e. The molecule has 0 saturated heterocycles. The van der Waals surface area contributed by atoms with Crippen LogP contribution in [-0.4, -0.2) is 42.9 Å². The van der Waals surface area contributed by atoms with E-state index in [4.69, 9.17) is 21.1 Å². The van der Waals surface area contributed by atoms with E-state index >= 15 is 0 Å². The maximum absolute atomic E-state index is 14.4. The van der Waals surface area contributed by atoms with Crippen LogP contribution in [0.15, 0.2) is 40.7 Å². The van der Waals surface area contributed by atoms with Crippen LogP contribution in [-0.2, 0) is 23.9 Å². The largest absolute Gasteiger partial charge is 0.468 e. The number of thioether (sulfide) groups is 1. The molecular formula is C24H27ClFNO5S. The number of hydrogen-bond acceptors (Lipinski definition) is 7. The third kappa shape index (κ3) is 5.11. The summed E-state index contributed by atoms with van der Waals surface area (Å²) in [4.78, 5) is 39.2. The molecule has 1 aliphatic carbocycles. The van der Waals surface area contributed by atoms with E-state index in [-0.39, 0.29) is 28.7 Å².